The van der Waals surface area contributed by atoms with Gasteiger partial charge in [0.15, 0.2) is 0 Å². The lowest BCUT2D eigenvalue weighted by Gasteiger charge is -2.21. The van der Waals surface area contributed by atoms with E-state index in [4.69, 9.17) is 5.11 Å². The average molecular weight is 128 g/mol. The molecule has 0 saturated carbocycles. The molecule has 1 saturated heterocycles. The van der Waals surface area contributed by atoms with Crippen LogP contribution in [0.4, 0.5) is 0 Å². The van der Waals surface area contributed by atoms with Gasteiger partial charge in [0.25, 0.3) is 0 Å². The first-order valence-electron chi connectivity index (χ1n) is 3.43. The third kappa shape index (κ3) is 1.43. The zero-order valence-corrected chi connectivity index (χ0v) is 5.88. The maximum absolute atomic E-state index is 9.07. The highest BCUT2D eigenvalue weighted by Gasteiger charge is 2.24. The lowest BCUT2D eigenvalue weighted by molar-refractivity contribution is 0.121. The summed E-state index contributed by atoms with van der Waals surface area (Å²) in [7, 11) is 2.03. The molecular formula is C7H14NO. The first-order valence-corrected chi connectivity index (χ1v) is 3.43. The van der Waals surface area contributed by atoms with Crippen LogP contribution >= 0.6 is 0 Å². The second-order valence-electron chi connectivity index (χ2n) is 2.76. The third-order valence-corrected chi connectivity index (χ3v) is 2.02. The molecule has 0 spiro atoms. The molecule has 0 aliphatic carbocycles. The molecule has 1 aliphatic rings. The molecule has 1 heterocycles. The Morgan fingerprint density at radius 1 is 1.78 bits per heavy atom. The van der Waals surface area contributed by atoms with E-state index in [0.717, 1.165) is 13.0 Å². The molecule has 2 unspecified atom stereocenters. The monoisotopic (exact) mass is 128 g/mol. The number of aliphatic hydroxyl groups is 1. The van der Waals surface area contributed by atoms with Crippen molar-refractivity contribution in [1.29, 1.82) is 0 Å². The average Bonchev–Trinajstić information content (AvgIpc) is 2.13. The van der Waals surface area contributed by atoms with Crippen molar-refractivity contribution in [1.82, 2.24) is 4.90 Å². The summed E-state index contributed by atoms with van der Waals surface area (Å²) in [6.45, 7) is 4.69. The van der Waals surface area contributed by atoms with E-state index >= 15 is 0 Å². The van der Waals surface area contributed by atoms with Crippen molar-refractivity contribution in [2.45, 2.75) is 25.0 Å². The van der Waals surface area contributed by atoms with Gasteiger partial charge in [-0.2, -0.15) is 0 Å². The van der Waals surface area contributed by atoms with E-state index in [9.17, 15) is 0 Å². The fourth-order valence-electron chi connectivity index (χ4n) is 1.42. The molecule has 0 aromatic rings. The smallest absolute Gasteiger partial charge is 0.0696 e. The van der Waals surface area contributed by atoms with E-state index in [1.807, 2.05) is 7.05 Å². The van der Waals surface area contributed by atoms with Crippen molar-refractivity contribution in [3.05, 3.63) is 6.92 Å². The minimum absolute atomic E-state index is 0.310. The highest BCUT2D eigenvalue weighted by Crippen LogP contribution is 2.16. The number of hydrogen-bond donors (Lipinski definition) is 1. The quantitative estimate of drug-likeness (QED) is 0.548. The van der Waals surface area contributed by atoms with E-state index < -0.39 is 6.10 Å². The molecule has 2 atom stereocenters. The van der Waals surface area contributed by atoms with Crippen LogP contribution in [0.25, 0.3) is 0 Å². The maximum atomic E-state index is 9.07. The molecule has 1 radical (unpaired) electrons. The minimum atomic E-state index is -0.405. The predicted octanol–water partition coefficient (Wildman–Crippen LogP) is 0.276. The van der Waals surface area contributed by atoms with Crippen molar-refractivity contribution in [3.63, 3.8) is 0 Å². The Bertz CT molecular complexity index is 92.9. The Morgan fingerprint density at radius 3 is 2.67 bits per heavy atom. The molecule has 0 aromatic carbocycles. The van der Waals surface area contributed by atoms with Gasteiger partial charge in [-0.3, -0.25) is 0 Å². The Morgan fingerprint density at radius 2 is 2.44 bits per heavy atom. The van der Waals surface area contributed by atoms with Crippen LogP contribution in [-0.4, -0.2) is 35.7 Å². The Labute approximate surface area is 56.5 Å². The van der Waals surface area contributed by atoms with Crippen LogP contribution in [0, 0.1) is 6.92 Å². The summed E-state index contributed by atoms with van der Waals surface area (Å²) < 4.78 is 0. The van der Waals surface area contributed by atoms with Gasteiger partial charge in [0, 0.05) is 6.04 Å². The summed E-state index contributed by atoms with van der Waals surface area (Å²) >= 11 is 0. The molecule has 53 valence electrons. The van der Waals surface area contributed by atoms with Gasteiger partial charge in [-0.15, -0.1) is 0 Å². The van der Waals surface area contributed by atoms with E-state index in [1.54, 1.807) is 0 Å². The topological polar surface area (TPSA) is 23.5 Å². The first-order chi connectivity index (χ1) is 4.22. The van der Waals surface area contributed by atoms with Gasteiger partial charge in [0.05, 0.1) is 6.10 Å². The summed E-state index contributed by atoms with van der Waals surface area (Å²) in [6.07, 6.45) is 1.90. The van der Waals surface area contributed by atoms with Gasteiger partial charge in [-0.05, 0) is 33.4 Å². The number of hydrogen-bond acceptors (Lipinski definition) is 2. The molecule has 1 N–H and O–H groups in total. The van der Waals surface area contributed by atoms with Gasteiger partial charge in [-0.25, -0.2) is 0 Å². The zero-order valence-electron chi connectivity index (χ0n) is 5.88. The van der Waals surface area contributed by atoms with Crippen molar-refractivity contribution in [2.24, 2.45) is 0 Å². The molecule has 2 heteroatoms. The van der Waals surface area contributed by atoms with Gasteiger partial charge in [0.2, 0.25) is 0 Å². The van der Waals surface area contributed by atoms with Crippen molar-refractivity contribution < 1.29 is 5.11 Å². The standard InChI is InChI=1S/C7H14NO/c1-6(9)7-4-3-5-8(7)2/h6-7,9H,1,3-5H2,2H3. The fourth-order valence-corrected chi connectivity index (χ4v) is 1.42. The zero-order chi connectivity index (χ0) is 6.85. The van der Waals surface area contributed by atoms with Crippen molar-refractivity contribution in [3.8, 4) is 0 Å². The van der Waals surface area contributed by atoms with Crippen LogP contribution in [0.2, 0.25) is 0 Å². The van der Waals surface area contributed by atoms with Crippen LogP contribution in [0.3, 0.4) is 0 Å². The summed E-state index contributed by atoms with van der Waals surface area (Å²) in [4.78, 5) is 2.16. The highest BCUT2D eigenvalue weighted by molar-refractivity contribution is 4.83. The second-order valence-corrected chi connectivity index (χ2v) is 2.76. The molecule has 0 aromatic heterocycles. The molecule has 1 aliphatic heterocycles. The maximum Gasteiger partial charge on any atom is 0.0696 e. The highest BCUT2D eigenvalue weighted by atomic mass is 16.3. The molecule has 1 fully saturated rings. The van der Waals surface area contributed by atoms with E-state index in [-0.39, 0.29) is 0 Å². The lowest BCUT2D eigenvalue weighted by atomic mass is 10.1. The van der Waals surface area contributed by atoms with Crippen LogP contribution in [0.15, 0.2) is 0 Å². The third-order valence-electron chi connectivity index (χ3n) is 2.02. The Kier molecular flexibility index (Phi) is 2.09. The van der Waals surface area contributed by atoms with Gasteiger partial charge in [0.1, 0.15) is 0 Å². The van der Waals surface area contributed by atoms with Crippen LogP contribution in [0.1, 0.15) is 12.8 Å². The minimum Gasteiger partial charge on any atom is -0.391 e. The Balaban J connectivity index is 2.40. The molecule has 0 amide bonds. The lowest BCUT2D eigenvalue weighted by Crippen LogP contribution is -2.34. The molecule has 2 nitrogen and oxygen atoms in total. The number of likely N-dealkylation sites (tertiary alicyclic amines) is 1. The van der Waals surface area contributed by atoms with E-state index in [1.165, 1.54) is 6.42 Å². The van der Waals surface area contributed by atoms with E-state index in [2.05, 4.69) is 11.8 Å². The summed E-state index contributed by atoms with van der Waals surface area (Å²) in [5.74, 6) is 0. The van der Waals surface area contributed by atoms with Gasteiger partial charge < -0.3 is 10.0 Å². The Hall–Kier alpha value is -0.0800. The fraction of sp³-hybridized carbons (Fsp3) is 0.857. The number of likely N-dealkylation sites (N-methyl/N-ethyl adjacent to an activating group) is 1. The molecule has 9 heavy (non-hydrogen) atoms. The van der Waals surface area contributed by atoms with Crippen LogP contribution < -0.4 is 0 Å². The van der Waals surface area contributed by atoms with Crippen molar-refractivity contribution in [2.75, 3.05) is 13.6 Å². The normalized spacial score (nSPS) is 33.0. The largest absolute Gasteiger partial charge is 0.391 e. The van der Waals surface area contributed by atoms with Gasteiger partial charge in [-0.1, -0.05) is 0 Å². The SMILES string of the molecule is [CH2]C(O)C1CCCN1C. The van der Waals surface area contributed by atoms with Crippen LogP contribution in [0.5, 0.6) is 0 Å². The van der Waals surface area contributed by atoms with Crippen LogP contribution in [-0.2, 0) is 0 Å². The molecule has 0 bridgehead atoms. The number of rotatable bonds is 1. The molecular weight excluding hydrogens is 114 g/mol. The summed E-state index contributed by atoms with van der Waals surface area (Å²) in [5, 5.41) is 9.07. The summed E-state index contributed by atoms with van der Waals surface area (Å²) in [5.41, 5.74) is 0. The van der Waals surface area contributed by atoms with E-state index in [0.29, 0.717) is 6.04 Å². The second kappa shape index (κ2) is 2.67. The predicted molar refractivity (Wildman–Crippen MR) is 37.0 cm³/mol. The number of aliphatic hydroxyl groups excluding tert-OH is 1. The summed E-state index contributed by atoms with van der Waals surface area (Å²) in [6, 6.07) is 0.310. The number of nitrogens with zero attached hydrogens (tertiary/aromatic N) is 1. The molecule has 1 rings (SSSR count). The first kappa shape index (κ1) is 7.03. The van der Waals surface area contributed by atoms with Crippen molar-refractivity contribution >= 4 is 0 Å². The van der Waals surface area contributed by atoms with Gasteiger partial charge >= 0.3 is 0 Å².